The largest absolute Gasteiger partial charge is 0.396 e. The number of rotatable bonds is 4. The van der Waals surface area contributed by atoms with E-state index in [4.69, 9.17) is 5.73 Å². The van der Waals surface area contributed by atoms with Gasteiger partial charge in [-0.3, -0.25) is 4.98 Å². The molecule has 0 radical (unpaired) electrons. The van der Waals surface area contributed by atoms with Crippen LogP contribution in [0.1, 0.15) is 13.3 Å². The number of benzene rings is 1. The Bertz CT molecular complexity index is 573. The van der Waals surface area contributed by atoms with Crippen LogP contribution in [0.5, 0.6) is 0 Å². The van der Waals surface area contributed by atoms with E-state index in [0.29, 0.717) is 5.69 Å². The van der Waals surface area contributed by atoms with Crippen molar-refractivity contribution in [2.24, 2.45) is 0 Å². The van der Waals surface area contributed by atoms with Crippen molar-refractivity contribution in [2.75, 3.05) is 17.6 Å². The minimum absolute atomic E-state index is 0.682. The standard InChI is InChI=1S/C14H16BrN3/c1-2-3-4-7-17-14-11-8-10(15)5-6-13(11)18-9-12(14)16/h2-3,5-6,8-9H,4,7,16H2,1H3,(H,17,18)/b3-2+. The van der Waals surface area contributed by atoms with Crippen LogP contribution >= 0.6 is 15.9 Å². The van der Waals surface area contributed by atoms with Crippen molar-refractivity contribution < 1.29 is 0 Å². The second kappa shape index (κ2) is 5.87. The molecule has 1 aromatic carbocycles. The SMILES string of the molecule is C/C=C/CCNc1c(N)cnc2ccc(Br)cc12. The summed E-state index contributed by atoms with van der Waals surface area (Å²) in [5.41, 5.74) is 8.58. The first-order valence-corrected chi connectivity index (χ1v) is 6.70. The number of hydrogen-bond donors (Lipinski definition) is 2. The number of fused-ring (bicyclic) bond motifs is 1. The minimum atomic E-state index is 0.682. The lowest BCUT2D eigenvalue weighted by molar-refractivity contribution is 1.07. The van der Waals surface area contributed by atoms with Gasteiger partial charge in [0.25, 0.3) is 0 Å². The van der Waals surface area contributed by atoms with Crippen LogP contribution in [0.3, 0.4) is 0 Å². The lowest BCUT2D eigenvalue weighted by Crippen LogP contribution is -2.04. The Morgan fingerprint density at radius 2 is 2.28 bits per heavy atom. The highest BCUT2D eigenvalue weighted by Gasteiger charge is 2.06. The van der Waals surface area contributed by atoms with E-state index in [9.17, 15) is 0 Å². The predicted molar refractivity (Wildman–Crippen MR) is 81.8 cm³/mol. The number of allylic oxidation sites excluding steroid dienone is 1. The number of nitrogens with zero attached hydrogens (tertiary/aromatic N) is 1. The fraction of sp³-hybridized carbons (Fsp3) is 0.214. The quantitative estimate of drug-likeness (QED) is 0.664. The zero-order valence-electron chi connectivity index (χ0n) is 10.3. The molecule has 3 N–H and O–H groups in total. The molecular formula is C14H16BrN3. The number of hydrogen-bond acceptors (Lipinski definition) is 3. The van der Waals surface area contributed by atoms with Crippen molar-refractivity contribution in [1.82, 2.24) is 4.98 Å². The van der Waals surface area contributed by atoms with Gasteiger partial charge < -0.3 is 11.1 Å². The number of anilines is 2. The smallest absolute Gasteiger partial charge is 0.0743 e. The monoisotopic (exact) mass is 305 g/mol. The molecule has 0 bridgehead atoms. The Morgan fingerprint density at radius 3 is 3.06 bits per heavy atom. The molecule has 0 fully saturated rings. The molecule has 0 amide bonds. The first-order chi connectivity index (χ1) is 8.72. The summed E-state index contributed by atoms with van der Waals surface area (Å²) >= 11 is 3.48. The summed E-state index contributed by atoms with van der Waals surface area (Å²) in [6.07, 6.45) is 6.86. The third-order valence-corrected chi connectivity index (χ3v) is 3.20. The zero-order valence-corrected chi connectivity index (χ0v) is 11.9. The van der Waals surface area contributed by atoms with E-state index in [-0.39, 0.29) is 0 Å². The Labute approximate surface area is 115 Å². The molecular weight excluding hydrogens is 290 g/mol. The third kappa shape index (κ3) is 2.82. The van der Waals surface area contributed by atoms with Crippen LogP contribution in [0.15, 0.2) is 41.0 Å². The normalized spacial score (nSPS) is 11.2. The molecule has 2 aromatic rings. The van der Waals surface area contributed by atoms with E-state index < -0.39 is 0 Å². The Morgan fingerprint density at radius 1 is 1.44 bits per heavy atom. The van der Waals surface area contributed by atoms with Crippen LogP contribution < -0.4 is 11.1 Å². The lowest BCUT2D eigenvalue weighted by Gasteiger charge is -2.11. The first-order valence-electron chi connectivity index (χ1n) is 5.91. The van der Waals surface area contributed by atoms with Crippen molar-refractivity contribution in [3.63, 3.8) is 0 Å². The van der Waals surface area contributed by atoms with Gasteiger partial charge in [-0.15, -0.1) is 0 Å². The molecule has 4 heteroatoms. The van der Waals surface area contributed by atoms with Crippen molar-refractivity contribution >= 4 is 38.2 Å². The van der Waals surface area contributed by atoms with Gasteiger partial charge in [-0.25, -0.2) is 0 Å². The number of nitrogens with two attached hydrogens (primary N) is 1. The van der Waals surface area contributed by atoms with Gasteiger partial charge in [0.15, 0.2) is 0 Å². The van der Waals surface area contributed by atoms with Crippen molar-refractivity contribution in [2.45, 2.75) is 13.3 Å². The molecule has 3 nitrogen and oxygen atoms in total. The van der Waals surface area contributed by atoms with Crippen LogP contribution in [0.25, 0.3) is 10.9 Å². The molecule has 94 valence electrons. The maximum Gasteiger partial charge on any atom is 0.0743 e. The van der Waals surface area contributed by atoms with E-state index in [1.54, 1.807) is 6.20 Å². The van der Waals surface area contributed by atoms with E-state index >= 15 is 0 Å². The summed E-state index contributed by atoms with van der Waals surface area (Å²) in [5, 5.41) is 4.43. The van der Waals surface area contributed by atoms with Gasteiger partial charge in [-0.1, -0.05) is 28.1 Å². The summed E-state index contributed by atoms with van der Waals surface area (Å²) in [5.74, 6) is 0. The Kier molecular flexibility index (Phi) is 4.20. The predicted octanol–water partition coefficient (Wildman–Crippen LogP) is 3.96. The molecule has 0 unspecified atom stereocenters. The topological polar surface area (TPSA) is 50.9 Å². The van der Waals surface area contributed by atoms with Crippen molar-refractivity contribution in [3.8, 4) is 0 Å². The highest BCUT2D eigenvalue weighted by Crippen LogP contribution is 2.29. The molecule has 1 heterocycles. The Hall–Kier alpha value is -1.55. The summed E-state index contributed by atoms with van der Waals surface area (Å²) in [6, 6.07) is 6.00. The van der Waals surface area contributed by atoms with Gasteiger partial charge >= 0.3 is 0 Å². The molecule has 18 heavy (non-hydrogen) atoms. The second-order valence-electron chi connectivity index (χ2n) is 4.03. The molecule has 1 aromatic heterocycles. The average Bonchev–Trinajstić information content (AvgIpc) is 2.36. The van der Waals surface area contributed by atoms with Gasteiger partial charge in [0.1, 0.15) is 0 Å². The van der Waals surface area contributed by atoms with Crippen LogP contribution in [0.2, 0.25) is 0 Å². The summed E-state index contributed by atoms with van der Waals surface area (Å²) in [4.78, 5) is 4.33. The highest BCUT2D eigenvalue weighted by atomic mass is 79.9. The number of nitrogen functional groups attached to an aromatic ring is 1. The van der Waals surface area contributed by atoms with E-state index in [1.165, 1.54) is 0 Å². The van der Waals surface area contributed by atoms with Gasteiger partial charge in [0, 0.05) is 16.4 Å². The maximum atomic E-state index is 5.99. The number of halogens is 1. The molecule has 0 aliphatic heterocycles. The van der Waals surface area contributed by atoms with Gasteiger partial charge in [0.2, 0.25) is 0 Å². The number of aromatic nitrogens is 1. The first kappa shape index (κ1) is 12.9. The number of nitrogens with one attached hydrogen (secondary N) is 1. The lowest BCUT2D eigenvalue weighted by atomic mass is 10.1. The molecule has 0 saturated heterocycles. The van der Waals surface area contributed by atoms with Gasteiger partial charge in [0.05, 0.1) is 23.1 Å². The molecule has 0 aliphatic rings. The zero-order chi connectivity index (χ0) is 13.0. The van der Waals surface area contributed by atoms with Crippen LogP contribution in [-0.4, -0.2) is 11.5 Å². The molecule has 0 spiro atoms. The summed E-state index contributed by atoms with van der Waals surface area (Å²) < 4.78 is 1.03. The van der Waals surface area contributed by atoms with Crippen molar-refractivity contribution in [1.29, 1.82) is 0 Å². The third-order valence-electron chi connectivity index (χ3n) is 2.71. The molecule has 0 atom stereocenters. The fourth-order valence-corrected chi connectivity index (χ4v) is 2.19. The average molecular weight is 306 g/mol. The maximum absolute atomic E-state index is 5.99. The summed E-state index contributed by atoms with van der Waals surface area (Å²) in [7, 11) is 0. The van der Waals surface area contributed by atoms with Crippen LogP contribution in [0.4, 0.5) is 11.4 Å². The molecule has 2 rings (SSSR count). The minimum Gasteiger partial charge on any atom is -0.396 e. The van der Waals surface area contributed by atoms with Crippen molar-refractivity contribution in [3.05, 3.63) is 41.0 Å². The number of pyridine rings is 1. The van der Waals surface area contributed by atoms with E-state index in [0.717, 1.165) is 34.0 Å². The highest BCUT2D eigenvalue weighted by molar-refractivity contribution is 9.10. The Balaban J connectivity index is 2.34. The molecule has 0 saturated carbocycles. The van der Waals surface area contributed by atoms with E-state index in [2.05, 4.69) is 32.3 Å². The second-order valence-corrected chi connectivity index (χ2v) is 4.95. The van der Waals surface area contributed by atoms with Crippen LogP contribution in [-0.2, 0) is 0 Å². The van der Waals surface area contributed by atoms with Gasteiger partial charge in [-0.2, -0.15) is 0 Å². The van der Waals surface area contributed by atoms with Crippen LogP contribution in [0, 0.1) is 0 Å². The fourth-order valence-electron chi connectivity index (χ4n) is 1.82. The van der Waals surface area contributed by atoms with Gasteiger partial charge in [-0.05, 0) is 31.5 Å². The van der Waals surface area contributed by atoms with E-state index in [1.807, 2.05) is 31.2 Å². The molecule has 0 aliphatic carbocycles. The summed E-state index contributed by atoms with van der Waals surface area (Å²) in [6.45, 7) is 2.88.